The molecule has 1 aliphatic rings. The Hall–Kier alpha value is -1.76. The second-order valence-electron chi connectivity index (χ2n) is 6.86. The first-order valence-electron chi connectivity index (χ1n) is 7.76. The van der Waals surface area contributed by atoms with Crippen molar-refractivity contribution in [1.82, 2.24) is 4.90 Å². The first-order valence-corrected chi connectivity index (χ1v) is 8.56. The van der Waals surface area contributed by atoms with Crippen LogP contribution in [-0.4, -0.2) is 46.9 Å². The lowest BCUT2D eigenvalue weighted by Crippen LogP contribution is -2.43. The zero-order valence-corrected chi connectivity index (χ0v) is 15.6. The lowest BCUT2D eigenvalue weighted by atomic mass is 10.1. The molecule has 0 radical (unpaired) electrons. The first-order chi connectivity index (χ1) is 11.2. The molecule has 2 unspecified atom stereocenters. The van der Waals surface area contributed by atoms with E-state index in [1.54, 1.807) is 20.8 Å². The van der Waals surface area contributed by atoms with Crippen molar-refractivity contribution in [2.24, 2.45) is 5.92 Å². The van der Waals surface area contributed by atoms with Gasteiger partial charge in [-0.25, -0.2) is 9.59 Å². The zero-order valence-electron chi connectivity index (χ0n) is 14.0. The minimum absolute atomic E-state index is 0.0578. The summed E-state index contributed by atoms with van der Waals surface area (Å²) in [6.07, 6.45) is -0.248. The number of carboxylic acid groups (broad SMARTS) is 1. The average molecular weight is 400 g/mol. The van der Waals surface area contributed by atoms with Crippen LogP contribution in [0.1, 0.15) is 27.2 Å². The van der Waals surface area contributed by atoms with Crippen molar-refractivity contribution in [3.8, 4) is 5.75 Å². The van der Waals surface area contributed by atoms with Crippen LogP contribution in [0.4, 0.5) is 4.79 Å². The largest absolute Gasteiger partial charge is 0.493 e. The quantitative estimate of drug-likeness (QED) is 0.837. The van der Waals surface area contributed by atoms with Crippen molar-refractivity contribution >= 4 is 28.0 Å². The van der Waals surface area contributed by atoms with E-state index in [2.05, 4.69) is 15.9 Å². The third kappa shape index (κ3) is 5.12. The van der Waals surface area contributed by atoms with Crippen LogP contribution in [0.15, 0.2) is 28.7 Å². The van der Waals surface area contributed by atoms with Gasteiger partial charge in [0.15, 0.2) is 0 Å². The summed E-state index contributed by atoms with van der Waals surface area (Å²) in [5.41, 5.74) is -0.662. The molecule has 0 spiro atoms. The van der Waals surface area contributed by atoms with Crippen LogP contribution in [0, 0.1) is 5.92 Å². The number of halogens is 1. The smallest absolute Gasteiger partial charge is 0.411 e. The summed E-state index contributed by atoms with van der Waals surface area (Å²) in [6, 6.07) is 6.56. The predicted octanol–water partition coefficient (Wildman–Crippen LogP) is 3.54. The van der Waals surface area contributed by atoms with Crippen molar-refractivity contribution < 1.29 is 24.2 Å². The van der Waals surface area contributed by atoms with Crippen molar-refractivity contribution in [2.45, 2.75) is 38.8 Å². The lowest BCUT2D eigenvalue weighted by Gasteiger charge is -2.26. The maximum atomic E-state index is 12.2. The van der Waals surface area contributed by atoms with E-state index in [0.717, 1.165) is 4.47 Å². The fourth-order valence-corrected chi connectivity index (χ4v) is 2.95. The first kappa shape index (κ1) is 18.6. The number of likely N-dealkylation sites (tertiary alicyclic amines) is 1. The molecule has 24 heavy (non-hydrogen) atoms. The van der Waals surface area contributed by atoms with Gasteiger partial charge in [0.1, 0.15) is 17.4 Å². The molecule has 7 heteroatoms. The molecule has 6 nitrogen and oxygen atoms in total. The van der Waals surface area contributed by atoms with Gasteiger partial charge in [-0.15, -0.1) is 0 Å². The van der Waals surface area contributed by atoms with Crippen LogP contribution in [-0.2, 0) is 9.53 Å². The van der Waals surface area contributed by atoms with Gasteiger partial charge in [-0.1, -0.05) is 22.0 Å². The van der Waals surface area contributed by atoms with Gasteiger partial charge >= 0.3 is 12.1 Å². The molecular weight excluding hydrogens is 378 g/mol. The van der Waals surface area contributed by atoms with Crippen molar-refractivity contribution in [2.75, 3.05) is 13.2 Å². The second kappa shape index (κ2) is 7.42. The summed E-state index contributed by atoms with van der Waals surface area (Å²) in [7, 11) is 0. The highest BCUT2D eigenvalue weighted by molar-refractivity contribution is 9.10. The standard InChI is InChI=1S/C17H22BrNO5/c1-17(2,3)24-16(22)19-9-11(7-14(19)15(20)21)10-23-13-6-4-5-12(18)8-13/h4-6,8,11,14H,7,9-10H2,1-3H3,(H,20,21). The maximum Gasteiger partial charge on any atom is 0.411 e. The minimum Gasteiger partial charge on any atom is -0.493 e. The summed E-state index contributed by atoms with van der Waals surface area (Å²) < 4.78 is 11.9. The highest BCUT2D eigenvalue weighted by Crippen LogP contribution is 2.27. The van der Waals surface area contributed by atoms with E-state index >= 15 is 0 Å². The van der Waals surface area contributed by atoms with Gasteiger partial charge in [0.25, 0.3) is 0 Å². The number of carboxylic acids is 1. The molecule has 1 N–H and O–H groups in total. The Kier molecular flexibility index (Phi) is 5.74. The number of carbonyl (C=O) groups excluding carboxylic acids is 1. The Morgan fingerprint density at radius 2 is 2.08 bits per heavy atom. The van der Waals surface area contributed by atoms with Gasteiger partial charge in [-0.05, 0) is 45.4 Å². The molecular formula is C17H22BrNO5. The summed E-state index contributed by atoms with van der Waals surface area (Å²) in [5.74, 6) is -0.379. The molecule has 0 aliphatic carbocycles. The molecule has 1 saturated heterocycles. The molecule has 0 bridgehead atoms. The molecule has 0 aromatic heterocycles. The number of carbonyl (C=O) groups is 2. The molecule has 1 amide bonds. The Bertz CT molecular complexity index is 613. The number of aliphatic carboxylic acids is 1. The molecule has 1 aliphatic heterocycles. The molecule has 2 rings (SSSR count). The summed E-state index contributed by atoms with van der Waals surface area (Å²) in [4.78, 5) is 25.0. The maximum absolute atomic E-state index is 12.2. The van der Waals surface area contributed by atoms with Gasteiger partial charge in [-0.2, -0.15) is 0 Å². The number of amides is 1. The Morgan fingerprint density at radius 3 is 2.67 bits per heavy atom. The van der Waals surface area contributed by atoms with E-state index in [1.807, 2.05) is 24.3 Å². The molecule has 1 fully saturated rings. The highest BCUT2D eigenvalue weighted by Gasteiger charge is 2.41. The molecule has 2 atom stereocenters. The van der Waals surface area contributed by atoms with E-state index < -0.39 is 23.7 Å². The van der Waals surface area contributed by atoms with Gasteiger partial charge < -0.3 is 14.6 Å². The van der Waals surface area contributed by atoms with E-state index in [4.69, 9.17) is 9.47 Å². The summed E-state index contributed by atoms with van der Waals surface area (Å²) >= 11 is 3.37. The van der Waals surface area contributed by atoms with Gasteiger partial charge in [0, 0.05) is 16.9 Å². The number of rotatable bonds is 4. The number of ether oxygens (including phenoxy) is 2. The molecule has 1 aromatic carbocycles. The Labute approximate surface area is 149 Å². The Morgan fingerprint density at radius 1 is 1.38 bits per heavy atom. The number of nitrogens with zero attached hydrogens (tertiary/aromatic N) is 1. The number of benzene rings is 1. The molecule has 1 heterocycles. The highest BCUT2D eigenvalue weighted by atomic mass is 79.9. The van der Waals surface area contributed by atoms with Crippen molar-refractivity contribution in [3.05, 3.63) is 28.7 Å². The Balaban J connectivity index is 1.98. The van der Waals surface area contributed by atoms with Gasteiger partial charge in [-0.3, -0.25) is 4.90 Å². The van der Waals surface area contributed by atoms with Crippen LogP contribution >= 0.6 is 15.9 Å². The minimum atomic E-state index is -1.02. The second-order valence-corrected chi connectivity index (χ2v) is 7.77. The SMILES string of the molecule is CC(C)(C)OC(=O)N1CC(COc2cccc(Br)c2)CC1C(=O)O. The predicted molar refractivity (Wildman–Crippen MR) is 92.1 cm³/mol. The molecule has 1 aromatic rings. The van der Waals surface area contributed by atoms with Crippen LogP contribution in [0.25, 0.3) is 0 Å². The van der Waals surface area contributed by atoms with Crippen LogP contribution < -0.4 is 4.74 Å². The fourth-order valence-electron chi connectivity index (χ4n) is 2.57. The third-order valence-electron chi connectivity index (χ3n) is 3.58. The van der Waals surface area contributed by atoms with Gasteiger partial charge in [0.2, 0.25) is 0 Å². The lowest BCUT2D eigenvalue weighted by molar-refractivity contribution is -0.142. The van der Waals surface area contributed by atoms with Crippen LogP contribution in [0.2, 0.25) is 0 Å². The fraction of sp³-hybridized carbons (Fsp3) is 0.529. The van der Waals surface area contributed by atoms with E-state index in [-0.39, 0.29) is 5.92 Å². The van der Waals surface area contributed by atoms with E-state index in [0.29, 0.717) is 25.3 Å². The number of hydrogen-bond acceptors (Lipinski definition) is 4. The van der Waals surface area contributed by atoms with Crippen molar-refractivity contribution in [1.29, 1.82) is 0 Å². The van der Waals surface area contributed by atoms with Crippen LogP contribution in [0.5, 0.6) is 5.75 Å². The monoisotopic (exact) mass is 399 g/mol. The molecule has 0 saturated carbocycles. The third-order valence-corrected chi connectivity index (χ3v) is 4.08. The van der Waals surface area contributed by atoms with Gasteiger partial charge in [0.05, 0.1) is 6.61 Å². The molecule has 132 valence electrons. The topological polar surface area (TPSA) is 76.1 Å². The van der Waals surface area contributed by atoms with E-state index in [1.165, 1.54) is 4.90 Å². The zero-order chi connectivity index (χ0) is 17.9. The van der Waals surface area contributed by atoms with E-state index in [9.17, 15) is 14.7 Å². The summed E-state index contributed by atoms with van der Waals surface area (Å²) in [6.45, 7) is 5.92. The number of hydrogen-bond donors (Lipinski definition) is 1. The van der Waals surface area contributed by atoms with Crippen LogP contribution in [0.3, 0.4) is 0 Å². The average Bonchev–Trinajstić information content (AvgIpc) is 2.88. The normalized spacial score (nSPS) is 20.8. The van der Waals surface area contributed by atoms with Crippen molar-refractivity contribution in [3.63, 3.8) is 0 Å². The summed E-state index contributed by atoms with van der Waals surface area (Å²) in [5, 5.41) is 9.37.